The summed E-state index contributed by atoms with van der Waals surface area (Å²) >= 11 is 0. The van der Waals surface area contributed by atoms with Gasteiger partial charge in [-0.05, 0) is 70.2 Å². The molecule has 54 heavy (non-hydrogen) atoms. The number of piperidine rings is 2. The first kappa shape index (κ1) is 36.1. The molecule has 8 rings (SSSR count). The lowest BCUT2D eigenvalue weighted by atomic mass is 9.95. The van der Waals surface area contributed by atoms with Gasteiger partial charge >= 0.3 is 0 Å². The zero-order valence-corrected chi connectivity index (χ0v) is 31.0. The van der Waals surface area contributed by atoms with Crippen molar-refractivity contribution >= 4 is 46.7 Å². The highest BCUT2D eigenvalue weighted by Gasteiger charge is 2.46. The molecule has 2 aromatic heterocycles. The van der Waals surface area contributed by atoms with Crippen LogP contribution in [-0.2, 0) is 20.8 Å². The lowest BCUT2D eigenvalue weighted by Crippen LogP contribution is -2.54. The molecule has 5 aliphatic rings. The monoisotopic (exact) mass is 738 g/mol. The normalized spacial score (nSPS) is 24.4. The molecular weight excluding hydrogens is 688 g/mol. The second kappa shape index (κ2) is 15.5. The summed E-state index contributed by atoms with van der Waals surface area (Å²) in [5.74, 6) is -0.741. The van der Waals surface area contributed by atoms with Crippen LogP contribution in [-0.4, -0.2) is 129 Å². The fourth-order valence-electron chi connectivity index (χ4n) is 8.90. The third kappa shape index (κ3) is 7.30. The number of aromatic nitrogens is 3. The standard InChI is InChI=1S/C39H50N10O5/c1-2-4-26-24-33(49-32(41-26)11-14-40-49)42-27-7-8-28(23-27)43-36(51)25-12-15-45(16-13-25)17-18-46-19-21-47(22-20-46)30-6-3-5-29-35(30)39(54)48(38(29)53)31-9-10-34(50)44-37(31)52/h3,5-6,11,14,24-25,27-28,31,42H,2,4,7-10,12-13,15-23H2,1H3,(H,43,51)(H,44,50,52)/t27-,28-,31?/m1/s1. The Morgan fingerprint density at radius 3 is 2.41 bits per heavy atom. The second-order valence-corrected chi connectivity index (χ2v) is 15.4. The first-order chi connectivity index (χ1) is 26.2. The van der Waals surface area contributed by atoms with E-state index >= 15 is 0 Å². The van der Waals surface area contributed by atoms with E-state index < -0.39 is 23.8 Å². The minimum Gasteiger partial charge on any atom is -0.368 e. The number of hydrogen-bond acceptors (Lipinski definition) is 11. The SMILES string of the molecule is CCCc1cc(N[C@@H]2CC[C@@H](NC(=O)C3CCN(CCN4CCN(c5cccc6c5C(=O)N(C5CCC(=O)NC5=O)C6=O)CC4)CC3)C2)n2nccc2n1. The summed E-state index contributed by atoms with van der Waals surface area (Å²) in [6, 6.07) is 8.82. The maximum atomic E-state index is 13.6. The number of likely N-dealkylation sites (tertiary alicyclic amines) is 1. The Kier molecular flexibility index (Phi) is 10.3. The van der Waals surface area contributed by atoms with Crippen molar-refractivity contribution in [2.75, 3.05) is 62.6 Å². The molecule has 3 atom stereocenters. The lowest BCUT2D eigenvalue weighted by Gasteiger charge is -2.38. The predicted molar refractivity (Wildman–Crippen MR) is 201 cm³/mol. The zero-order chi connectivity index (χ0) is 37.3. The van der Waals surface area contributed by atoms with Crippen molar-refractivity contribution in [1.82, 2.24) is 39.9 Å². The van der Waals surface area contributed by atoms with Gasteiger partial charge in [0.05, 0.1) is 23.0 Å². The Morgan fingerprint density at radius 1 is 0.889 bits per heavy atom. The molecule has 0 bridgehead atoms. The molecule has 1 unspecified atom stereocenters. The van der Waals surface area contributed by atoms with E-state index in [1.54, 1.807) is 18.3 Å². The highest BCUT2D eigenvalue weighted by molar-refractivity contribution is 6.25. The van der Waals surface area contributed by atoms with E-state index in [2.05, 4.69) is 48.7 Å². The molecule has 0 radical (unpaired) electrons. The van der Waals surface area contributed by atoms with E-state index in [-0.39, 0.29) is 42.7 Å². The van der Waals surface area contributed by atoms with Gasteiger partial charge in [-0.25, -0.2) is 4.98 Å². The van der Waals surface area contributed by atoms with Crippen molar-refractivity contribution < 1.29 is 24.0 Å². The number of carbonyl (C=O) groups is 5. The topological polar surface area (TPSA) is 165 Å². The van der Waals surface area contributed by atoms with E-state index in [0.29, 0.717) is 24.2 Å². The van der Waals surface area contributed by atoms with E-state index in [0.717, 1.165) is 112 Å². The van der Waals surface area contributed by atoms with Gasteiger partial charge in [0.25, 0.3) is 11.8 Å². The Balaban J connectivity index is 0.765. The number of hydrogen-bond donors (Lipinski definition) is 3. The zero-order valence-electron chi connectivity index (χ0n) is 31.0. The fraction of sp³-hybridized carbons (Fsp3) is 0.564. The number of nitrogens with zero attached hydrogens (tertiary/aromatic N) is 7. The van der Waals surface area contributed by atoms with Crippen LogP contribution in [0.5, 0.6) is 0 Å². The van der Waals surface area contributed by atoms with Crippen LogP contribution in [0.1, 0.15) is 84.7 Å². The summed E-state index contributed by atoms with van der Waals surface area (Å²) in [4.78, 5) is 77.2. The number of piperazine rings is 1. The number of imide groups is 2. The van der Waals surface area contributed by atoms with Gasteiger partial charge in [-0.3, -0.25) is 39.1 Å². The van der Waals surface area contributed by atoms with Gasteiger partial charge in [0.1, 0.15) is 11.9 Å². The largest absolute Gasteiger partial charge is 0.368 e. The van der Waals surface area contributed by atoms with Crippen LogP contribution in [0.2, 0.25) is 0 Å². The molecule has 1 aliphatic carbocycles. The molecule has 4 fully saturated rings. The summed E-state index contributed by atoms with van der Waals surface area (Å²) in [6.45, 7) is 8.92. The van der Waals surface area contributed by atoms with Gasteiger partial charge < -0.3 is 20.4 Å². The van der Waals surface area contributed by atoms with Gasteiger partial charge in [0.2, 0.25) is 17.7 Å². The number of rotatable bonds is 11. The number of nitrogens with one attached hydrogen (secondary N) is 3. The van der Waals surface area contributed by atoms with Crippen LogP contribution >= 0.6 is 0 Å². The number of anilines is 2. The Morgan fingerprint density at radius 2 is 1.65 bits per heavy atom. The van der Waals surface area contributed by atoms with Crippen molar-refractivity contribution in [2.45, 2.75) is 82.8 Å². The summed E-state index contributed by atoms with van der Waals surface area (Å²) in [6.07, 6.45) is 8.57. The molecule has 6 heterocycles. The molecule has 4 aliphatic heterocycles. The quantitative estimate of drug-likeness (QED) is 0.247. The minimum atomic E-state index is -0.977. The third-order valence-electron chi connectivity index (χ3n) is 11.9. The summed E-state index contributed by atoms with van der Waals surface area (Å²) in [5.41, 5.74) is 3.29. The summed E-state index contributed by atoms with van der Waals surface area (Å²) < 4.78 is 1.86. The first-order valence-electron chi connectivity index (χ1n) is 19.7. The Hall–Kier alpha value is -4.89. The molecule has 15 nitrogen and oxygen atoms in total. The van der Waals surface area contributed by atoms with Gasteiger partial charge in [-0.2, -0.15) is 9.61 Å². The highest BCUT2D eigenvalue weighted by atomic mass is 16.2. The van der Waals surface area contributed by atoms with Crippen LogP contribution in [0.25, 0.3) is 5.65 Å². The molecule has 1 aromatic carbocycles. The molecule has 3 aromatic rings. The number of amides is 5. The van der Waals surface area contributed by atoms with Crippen LogP contribution in [0.4, 0.5) is 11.5 Å². The lowest BCUT2D eigenvalue weighted by molar-refractivity contribution is -0.136. The number of aryl methyl sites for hydroxylation is 1. The van der Waals surface area contributed by atoms with Crippen molar-refractivity contribution in [2.24, 2.45) is 5.92 Å². The van der Waals surface area contributed by atoms with Gasteiger partial charge in [-0.15, -0.1) is 0 Å². The summed E-state index contributed by atoms with van der Waals surface area (Å²) in [7, 11) is 0. The molecule has 286 valence electrons. The molecule has 5 amide bonds. The van der Waals surface area contributed by atoms with Crippen LogP contribution < -0.4 is 20.9 Å². The summed E-state index contributed by atoms with van der Waals surface area (Å²) in [5, 5.41) is 13.8. The molecule has 3 N–H and O–H groups in total. The van der Waals surface area contributed by atoms with Crippen LogP contribution in [0, 0.1) is 5.92 Å². The molecule has 3 saturated heterocycles. The maximum absolute atomic E-state index is 13.6. The Labute approximate surface area is 314 Å². The van der Waals surface area contributed by atoms with Gasteiger partial charge in [0, 0.05) is 81.5 Å². The first-order valence-corrected chi connectivity index (χ1v) is 19.7. The van der Waals surface area contributed by atoms with Crippen molar-refractivity contribution in [1.29, 1.82) is 0 Å². The van der Waals surface area contributed by atoms with Gasteiger partial charge in [-0.1, -0.05) is 19.4 Å². The van der Waals surface area contributed by atoms with Crippen molar-refractivity contribution in [3.63, 3.8) is 0 Å². The molecule has 0 spiro atoms. The molecule has 15 heteroatoms. The smallest absolute Gasteiger partial charge is 0.264 e. The Bertz CT molecular complexity index is 1930. The van der Waals surface area contributed by atoms with Crippen LogP contribution in [0.3, 0.4) is 0 Å². The third-order valence-corrected chi connectivity index (χ3v) is 11.9. The predicted octanol–water partition coefficient (Wildman–Crippen LogP) is 2.07. The number of fused-ring (bicyclic) bond motifs is 2. The fourth-order valence-corrected chi connectivity index (χ4v) is 8.90. The van der Waals surface area contributed by atoms with E-state index in [1.807, 2.05) is 16.6 Å². The molecule has 1 saturated carbocycles. The van der Waals surface area contributed by atoms with Crippen molar-refractivity contribution in [3.8, 4) is 0 Å². The average molecular weight is 739 g/mol. The van der Waals surface area contributed by atoms with Crippen molar-refractivity contribution in [3.05, 3.63) is 53.3 Å². The number of carbonyl (C=O) groups excluding carboxylic acids is 5. The minimum absolute atomic E-state index is 0.0467. The molecular formula is C39H50N10O5. The van der Waals surface area contributed by atoms with E-state index in [4.69, 9.17) is 4.98 Å². The second-order valence-electron chi connectivity index (χ2n) is 15.4. The van der Waals surface area contributed by atoms with Gasteiger partial charge in [0.15, 0.2) is 5.65 Å². The van der Waals surface area contributed by atoms with Crippen LogP contribution in [0.15, 0.2) is 36.5 Å². The highest BCUT2D eigenvalue weighted by Crippen LogP contribution is 2.35. The number of benzene rings is 1. The maximum Gasteiger partial charge on any atom is 0.264 e. The van der Waals surface area contributed by atoms with E-state index in [1.165, 1.54) is 0 Å². The average Bonchev–Trinajstić information content (AvgIpc) is 3.90. The van der Waals surface area contributed by atoms with E-state index in [9.17, 15) is 24.0 Å².